The molecule has 2 aromatic carbocycles. The van der Waals surface area contributed by atoms with Crippen LogP contribution in [0.2, 0.25) is 0 Å². The van der Waals surface area contributed by atoms with Crippen LogP contribution < -0.4 is 25.9 Å². The predicted octanol–water partition coefficient (Wildman–Crippen LogP) is 2.47. The topological polar surface area (TPSA) is 184 Å². The number of rotatable bonds is 6. The van der Waals surface area contributed by atoms with Gasteiger partial charge < -0.3 is 40.0 Å². The van der Waals surface area contributed by atoms with E-state index < -0.39 is 7.12 Å². The van der Waals surface area contributed by atoms with Crippen molar-refractivity contribution in [2.24, 2.45) is 0 Å². The number of benzene rings is 2. The van der Waals surface area contributed by atoms with Crippen molar-refractivity contribution in [1.82, 2.24) is 39.8 Å². The van der Waals surface area contributed by atoms with Gasteiger partial charge in [-0.1, -0.05) is 39.1 Å². The first-order valence-corrected chi connectivity index (χ1v) is 17.6. The molecule has 16 nitrogen and oxygen atoms in total. The maximum Gasteiger partial charge on any atom is 0.488 e. The average Bonchev–Trinajstić information content (AvgIpc) is 3.91. The molecule has 2 fully saturated rings. The summed E-state index contributed by atoms with van der Waals surface area (Å²) in [5.41, 5.74) is 4.14. The largest absolute Gasteiger partial charge is 0.488 e. The van der Waals surface area contributed by atoms with Gasteiger partial charge in [0.05, 0.1) is 26.4 Å². The Bertz CT molecular complexity index is 2200. The number of fused-ring (bicyclic) bond motifs is 2. The Morgan fingerprint density at radius 1 is 0.679 bits per heavy atom. The minimum Gasteiger partial charge on any atom is -0.423 e. The molecule has 2 aliphatic heterocycles. The maximum atomic E-state index is 11.9. The maximum absolute atomic E-state index is 11.9. The van der Waals surface area contributed by atoms with Crippen molar-refractivity contribution in [1.29, 1.82) is 0 Å². The lowest BCUT2D eigenvalue weighted by Crippen LogP contribution is -2.37. The Morgan fingerprint density at radius 3 is 1.71 bits per heavy atom. The number of carbonyl (C=O) groups excluding carboxylic acids is 2. The number of hydrogen-bond donors (Lipinski definition) is 4. The Hall–Kier alpha value is -5.88. The van der Waals surface area contributed by atoms with Crippen molar-refractivity contribution in [3.05, 3.63) is 102 Å². The first kappa shape index (κ1) is 42.9. The zero-order chi connectivity index (χ0) is 38.0. The van der Waals surface area contributed by atoms with Crippen LogP contribution in [-0.2, 0) is 9.47 Å². The van der Waals surface area contributed by atoms with Gasteiger partial charge in [0.1, 0.15) is 16.9 Å². The summed E-state index contributed by atoms with van der Waals surface area (Å²) in [6.07, 6.45) is 3.86. The second-order valence-electron chi connectivity index (χ2n) is 12.4. The molecule has 6 heterocycles. The molecule has 2 amide bonds. The Labute approximate surface area is 327 Å². The van der Waals surface area contributed by atoms with Crippen molar-refractivity contribution in [3.8, 4) is 11.4 Å². The van der Waals surface area contributed by atoms with Crippen LogP contribution in [0, 0.1) is 6.92 Å². The normalized spacial score (nSPS) is 13.6. The number of nitrogens with zero attached hydrogens (tertiary/aromatic N) is 8. The first-order chi connectivity index (χ1) is 26.2. The van der Waals surface area contributed by atoms with Crippen LogP contribution in [-0.4, -0.2) is 125 Å². The monoisotopic (exact) mass is 766 g/mol. The number of hydrogen-bond acceptors (Lipinski definition) is 12. The van der Waals surface area contributed by atoms with Crippen molar-refractivity contribution < 1.29 is 29.1 Å². The molecule has 0 atom stereocenters. The van der Waals surface area contributed by atoms with Gasteiger partial charge in [-0.3, -0.25) is 9.59 Å². The van der Waals surface area contributed by atoms with Crippen molar-refractivity contribution in [2.75, 3.05) is 76.5 Å². The van der Waals surface area contributed by atoms with E-state index in [4.69, 9.17) is 24.5 Å². The smallest absolute Gasteiger partial charge is 0.423 e. The molecular formula is C39H51BN10O6. The summed E-state index contributed by atoms with van der Waals surface area (Å²) in [6, 6.07) is 21.5. The van der Waals surface area contributed by atoms with Crippen LogP contribution in [0.1, 0.15) is 41.4 Å². The molecule has 0 saturated carbocycles. The fraction of sp³-hybridized carbons (Fsp3) is 0.333. The molecule has 0 bridgehead atoms. The molecule has 4 N–H and O–H groups in total. The highest BCUT2D eigenvalue weighted by Gasteiger charge is 2.19. The number of aryl methyl sites for hydroxylation is 1. The van der Waals surface area contributed by atoms with Gasteiger partial charge in [-0.15, -0.1) is 5.10 Å². The summed E-state index contributed by atoms with van der Waals surface area (Å²) in [5, 5.41) is 31.7. The van der Waals surface area contributed by atoms with Gasteiger partial charge in [0, 0.05) is 69.4 Å². The number of nitrogens with one attached hydrogen (secondary N) is 2. The van der Waals surface area contributed by atoms with Crippen molar-refractivity contribution >= 4 is 47.1 Å². The molecular weight excluding hydrogens is 715 g/mol. The van der Waals surface area contributed by atoms with Gasteiger partial charge >= 0.3 is 7.12 Å². The van der Waals surface area contributed by atoms with Crippen LogP contribution in [0.5, 0.6) is 0 Å². The van der Waals surface area contributed by atoms with Gasteiger partial charge in [0.15, 0.2) is 17.5 Å². The molecule has 8 rings (SSSR count). The number of morpholine rings is 2. The minimum atomic E-state index is -1.54. The van der Waals surface area contributed by atoms with E-state index >= 15 is 0 Å². The van der Waals surface area contributed by atoms with Crippen molar-refractivity contribution in [3.63, 3.8) is 0 Å². The summed E-state index contributed by atoms with van der Waals surface area (Å²) in [6.45, 7) is 8.26. The third-order valence-electron chi connectivity index (χ3n) is 8.75. The van der Waals surface area contributed by atoms with Crippen LogP contribution in [0.4, 0.5) is 11.6 Å². The van der Waals surface area contributed by atoms with Gasteiger partial charge in [0.25, 0.3) is 11.8 Å². The standard InChI is InChI=1S/C18H19N5O2.C11H14N4O.C8H10BNO3.2CH4/c1-19-18(24)14-5-2-4-13(12-14)16-20-17(22-8-10-25-11-9-22)15-6-3-7-23(15)21-16;1-9-12-11(14-5-7-16-8-6-14)10-3-2-4-15(10)13-9;1-10-8(11)6-3-2-4-7(5-6)9(12)13;;/h2-7,12H,8-11H2,1H3,(H,19,24);2-4H,5-8H2,1H3;2-5,12-13H,1H3,(H,10,11);2*1H4. The number of aromatic nitrogens is 6. The van der Waals surface area contributed by atoms with Crippen LogP contribution in [0.15, 0.2) is 85.2 Å². The van der Waals surface area contributed by atoms with E-state index in [-0.39, 0.29) is 26.7 Å². The van der Waals surface area contributed by atoms with Gasteiger partial charge in [-0.25, -0.2) is 19.0 Å². The van der Waals surface area contributed by atoms with E-state index in [2.05, 4.69) is 35.6 Å². The van der Waals surface area contributed by atoms with E-state index in [1.54, 1.807) is 25.2 Å². The summed E-state index contributed by atoms with van der Waals surface area (Å²) >= 11 is 0. The first-order valence-electron chi connectivity index (χ1n) is 17.6. The fourth-order valence-corrected chi connectivity index (χ4v) is 6.01. The summed E-state index contributed by atoms with van der Waals surface area (Å²) in [7, 11) is 1.60. The molecule has 2 aliphatic rings. The second-order valence-corrected chi connectivity index (χ2v) is 12.4. The van der Waals surface area contributed by atoms with E-state index in [0.717, 1.165) is 73.4 Å². The Balaban J connectivity index is 0.000000195. The molecule has 296 valence electrons. The lowest BCUT2D eigenvalue weighted by atomic mass is 9.79. The fourth-order valence-electron chi connectivity index (χ4n) is 6.01. The SMILES string of the molecule is C.C.CNC(=O)c1cccc(-c2nc(N3CCOCC3)c3cccn3n2)c1.CNC(=O)c1cccc(B(O)O)c1.Cc1nc(N2CCOCC2)c2cccn2n1. The Morgan fingerprint density at radius 2 is 1.18 bits per heavy atom. The van der Waals surface area contributed by atoms with Gasteiger partial charge in [-0.05, 0) is 60.9 Å². The van der Waals surface area contributed by atoms with E-state index in [0.29, 0.717) is 35.6 Å². The van der Waals surface area contributed by atoms with Gasteiger partial charge in [0.2, 0.25) is 0 Å². The zero-order valence-corrected chi connectivity index (χ0v) is 30.4. The molecule has 56 heavy (non-hydrogen) atoms. The molecule has 2 saturated heterocycles. The summed E-state index contributed by atoms with van der Waals surface area (Å²) in [4.78, 5) is 36.8. The highest BCUT2D eigenvalue weighted by atomic mass is 16.5. The Kier molecular flexibility index (Phi) is 15.4. The average molecular weight is 767 g/mol. The number of ether oxygens (including phenoxy) is 2. The predicted molar refractivity (Wildman–Crippen MR) is 219 cm³/mol. The number of anilines is 2. The molecule has 0 radical (unpaired) electrons. The summed E-state index contributed by atoms with van der Waals surface area (Å²) in [5.74, 6) is 2.92. The molecule has 0 aliphatic carbocycles. The van der Waals surface area contributed by atoms with Gasteiger partial charge in [-0.2, -0.15) is 5.10 Å². The lowest BCUT2D eigenvalue weighted by Gasteiger charge is -2.28. The number of carbonyl (C=O) groups is 2. The van der Waals surface area contributed by atoms with Crippen LogP contribution in [0.3, 0.4) is 0 Å². The lowest BCUT2D eigenvalue weighted by molar-refractivity contribution is 0.0955. The zero-order valence-electron chi connectivity index (χ0n) is 30.4. The second kappa shape index (κ2) is 20.2. The molecule has 4 aromatic heterocycles. The summed E-state index contributed by atoms with van der Waals surface area (Å²) < 4.78 is 14.5. The molecule has 17 heteroatoms. The van der Waals surface area contributed by atoms with E-state index in [1.807, 2.05) is 70.8 Å². The molecule has 0 unspecified atom stereocenters. The third kappa shape index (κ3) is 10.2. The van der Waals surface area contributed by atoms with E-state index in [9.17, 15) is 9.59 Å². The number of amides is 2. The quantitative estimate of drug-likeness (QED) is 0.182. The van der Waals surface area contributed by atoms with Crippen LogP contribution in [0.25, 0.3) is 22.4 Å². The highest BCUT2D eigenvalue weighted by Crippen LogP contribution is 2.25. The third-order valence-corrected chi connectivity index (χ3v) is 8.75. The van der Waals surface area contributed by atoms with E-state index in [1.165, 1.54) is 19.2 Å². The minimum absolute atomic E-state index is 0. The molecule has 0 spiro atoms. The van der Waals surface area contributed by atoms with Crippen molar-refractivity contribution in [2.45, 2.75) is 21.8 Å². The highest BCUT2D eigenvalue weighted by molar-refractivity contribution is 6.58. The molecule has 6 aromatic rings. The van der Waals surface area contributed by atoms with Crippen LogP contribution >= 0.6 is 0 Å².